The van der Waals surface area contributed by atoms with Crippen LogP contribution in [0, 0.1) is 0 Å². The van der Waals surface area contributed by atoms with Crippen LogP contribution >= 0.6 is 7.82 Å². The zero-order valence-corrected chi connectivity index (χ0v) is 30.0. The van der Waals surface area contributed by atoms with Crippen LogP contribution in [-0.2, 0) is 18.4 Å². The third kappa shape index (κ3) is 29.7. The Balaban J connectivity index is 4.08. The van der Waals surface area contributed by atoms with E-state index in [1.54, 1.807) is 6.08 Å². The summed E-state index contributed by atoms with van der Waals surface area (Å²) in [4.78, 5) is 22.2. The molecule has 0 aromatic rings. The molecule has 1 amide bonds. The summed E-state index contributed by atoms with van der Waals surface area (Å²) in [6.07, 6.45) is 31.2. The second-order valence-electron chi connectivity index (χ2n) is 13.2. The average molecular weight is 646 g/mol. The van der Waals surface area contributed by atoms with Gasteiger partial charge in [-0.05, 0) is 32.1 Å². The van der Waals surface area contributed by atoms with Crippen molar-refractivity contribution in [3.8, 4) is 0 Å². The molecule has 0 radical (unpaired) electrons. The number of hydrogen-bond acceptors (Lipinski definition) is 5. The van der Waals surface area contributed by atoms with Crippen molar-refractivity contribution in [2.75, 3.05) is 40.9 Å². The predicted octanol–water partition coefficient (Wildman–Crippen LogP) is 8.63. The number of aliphatic hydroxyl groups excluding tert-OH is 1. The number of phosphoric ester groups is 1. The molecule has 260 valence electrons. The molecule has 0 rings (SSSR count). The largest absolute Gasteiger partial charge is 0.472 e. The number of nitrogens with zero attached hydrogens (tertiary/aromatic N) is 1. The quantitative estimate of drug-likeness (QED) is 0.0302. The van der Waals surface area contributed by atoms with Crippen LogP contribution in [0.2, 0.25) is 0 Å². The smallest absolute Gasteiger partial charge is 0.387 e. The Morgan fingerprint density at radius 3 is 1.77 bits per heavy atom. The summed E-state index contributed by atoms with van der Waals surface area (Å²) in [6, 6.07) is -0.853. The summed E-state index contributed by atoms with van der Waals surface area (Å²) < 4.78 is 23.0. The fraction of sp³-hybridized carbons (Fsp3) is 0.857. The summed E-state index contributed by atoms with van der Waals surface area (Å²) in [5, 5.41) is 13.4. The Hall–Kier alpha value is -1.02. The highest BCUT2D eigenvalue weighted by Crippen LogP contribution is 2.43. The second-order valence-corrected chi connectivity index (χ2v) is 14.7. The van der Waals surface area contributed by atoms with E-state index in [2.05, 4.69) is 24.4 Å². The number of aliphatic hydroxyl groups is 1. The number of quaternary nitrogens is 1. The van der Waals surface area contributed by atoms with Gasteiger partial charge < -0.3 is 19.8 Å². The number of nitrogens with one attached hydrogen (secondary N) is 1. The Morgan fingerprint density at radius 2 is 1.25 bits per heavy atom. The molecular formula is C35H70N2O6P+. The average Bonchev–Trinajstić information content (AvgIpc) is 2.95. The third-order valence-electron chi connectivity index (χ3n) is 7.64. The van der Waals surface area contributed by atoms with Crippen LogP contribution in [0.5, 0.6) is 0 Å². The number of allylic oxidation sites excluding steroid dienone is 3. The van der Waals surface area contributed by atoms with E-state index in [4.69, 9.17) is 9.05 Å². The molecule has 0 fully saturated rings. The highest BCUT2D eigenvalue weighted by molar-refractivity contribution is 7.47. The zero-order chi connectivity index (χ0) is 32.9. The number of carbonyl (C=O) groups excluding carboxylic acids is 1. The molecule has 0 aromatic heterocycles. The maximum absolute atomic E-state index is 12.3. The highest BCUT2D eigenvalue weighted by Gasteiger charge is 2.27. The van der Waals surface area contributed by atoms with Gasteiger partial charge in [0.1, 0.15) is 13.2 Å². The monoisotopic (exact) mass is 645 g/mol. The van der Waals surface area contributed by atoms with E-state index in [0.717, 1.165) is 19.3 Å². The van der Waals surface area contributed by atoms with Crippen LogP contribution in [0.3, 0.4) is 0 Å². The van der Waals surface area contributed by atoms with Gasteiger partial charge in [-0.1, -0.05) is 128 Å². The molecule has 0 saturated heterocycles. The molecule has 3 atom stereocenters. The van der Waals surface area contributed by atoms with Crippen molar-refractivity contribution in [3.63, 3.8) is 0 Å². The normalized spacial score (nSPS) is 15.2. The van der Waals surface area contributed by atoms with Crippen molar-refractivity contribution in [1.82, 2.24) is 5.32 Å². The molecule has 3 N–H and O–H groups in total. The minimum Gasteiger partial charge on any atom is -0.387 e. The molecule has 0 aliphatic heterocycles. The first-order valence-corrected chi connectivity index (χ1v) is 19.2. The summed E-state index contributed by atoms with van der Waals surface area (Å²) >= 11 is 0. The van der Waals surface area contributed by atoms with Gasteiger partial charge in [0.15, 0.2) is 0 Å². The van der Waals surface area contributed by atoms with Gasteiger partial charge >= 0.3 is 7.82 Å². The Bertz CT molecular complexity index is 784. The molecular weight excluding hydrogens is 575 g/mol. The second kappa shape index (κ2) is 28.2. The standard InChI is InChI=1S/C35H69N2O6P/c1-6-8-9-10-11-12-13-14-15-16-17-18-19-20-21-22-23-24-25-26-27-29-34(38)33(36-35(39)28-7-2)32-43-44(40,41)42-31-30-37(3,4)5/h23-24,27,29,33-34,38H,6-22,25-26,28,30-32H2,1-5H3,(H-,36,39,40,41)/p+1/b24-23+,29-27+. The number of phosphoric acid groups is 1. The fourth-order valence-corrected chi connectivity index (χ4v) is 5.54. The van der Waals surface area contributed by atoms with Crippen molar-refractivity contribution >= 4 is 13.7 Å². The van der Waals surface area contributed by atoms with Crippen molar-refractivity contribution in [2.45, 2.75) is 154 Å². The first-order valence-electron chi connectivity index (χ1n) is 17.7. The van der Waals surface area contributed by atoms with Gasteiger partial charge in [0, 0.05) is 6.42 Å². The fourth-order valence-electron chi connectivity index (χ4n) is 4.80. The minimum atomic E-state index is -4.31. The maximum atomic E-state index is 12.3. The lowest BCUT2D eigenvalue weighted by Crippen LogP contribution is -2.45. The number of carbonyl (C=O) groups is 1. The Kier molecular flexibility index (Phi) is 27.6. The van der Waals surface area contributed by atoms with Crippen molar-refractivity contribution < 1.29 is 32.9 Å². The lowest BCUT2D eigenvalue weighted by molar-refractivity contribution is -0.870. The highest BCUT2D eigenvalue weighted by atomic mass is 31.2. The number of likely N-dealkylation sites (N-methyl/N-ethyl adjacent to an activating group) is 1. The van der Waals surface area contributed by atoms with E-state index >= 15 is 0 Å². The van der Waals surface area contributed by atoms with Gasteiger partial charge in [0.05, 0.1) is 39.9 Å². The van der Waals surface area contributed by atoms with Gasteiger partial charge in [-0.3, -0.25) is 13.8 Å². The van der Waals surface area contributed by atoms with E-state index in [0.29, 0.717) is 23.9 Å². The number of amides is 1. The zero-order valence-electron chi connectivity index (χ0n) is 29.1. The van der Waals surface area contributed by atoms with E-state index in [-0.39, 0.29) is 19.1 Å². The molecule has 3 unspecified atom stereocenters. The summed E-state index contributed by atoms with van der Waals surface area (Å²) in [7, 11) is 1.55. The third-order valence-corrected chi connectivity index (χ3v) is 8.63. The molecule has 0 aliphatic rings. The molecule has 0 aromatic carbocycles. The molecule has 44 heavy (non-hydrogen) atoms. The van der Waals surface area contributed by atoms with Gasteiger partial charge in [-0.25, -0.2) is 4.57 Å². The lowest BCUT2D eigenvalue weighted by atomic mass is 10.0. The van der Waals surface area contributed by atoms with Crippen molar-refractivity contribution in [3.05, 3.63) is 24.3 Å². The van der Waals surface area contributed by atoms with Crippen molar-refractivity contribution in [2.24, 2.45) is 0 Å². The number of rotatable bonds is 31. The van der Waals surface area contributed by atoms with Gasteiger partial charge in [-0.15, -0.1) is 0 Å². The Labute approximate surface area is 271 Å². The van der Waals surface area contributed by atoms with Crippen LogP contribution < -0.4 is 5.32 Å². The first kappa shape index (κ1) is 43.0. The summed E-state index contributed by atoms with van der Waals surface area (Å²) in [5.74, 6) is -0.242. The van der Waals surface area contributed by atoms with Crippen LogP contribution in [0.4, 0.5) is 0 Å². The summed E-state index contributed by atoms with van der Waals surface area (Å²) in [6.45, 7) is 4.41. The summed E-state index contributed by atoms with van der Waals surface area (Å²) in [5.41, 5.74) is 0. The SMILES string of the molecule is CCCCCCCCCCCCCCCCC/C=C/CC/C=C/C(O)C(COP(=O)(O)OCC[N+](C)(C)C)NC(=O)CCC. The van der Waals surface area contributed by atoms with E-state index in [9.17, 15) is 19.4 Å². The Morgan fingerprint density at radius 1 is 0.750 bits per heavy atom. The van der Waals surface area contributed by atoms with E-state index in [1.807, 2.05) is 34.1 Å². The number of unbranched alkanes of at least 4 members (excludes halogenated alkanes) is 16. The molecule has 0 bridgehead atoms. The van der Waals surface area contributed by atoms with Crippen LogP contribution in [0.25, 0.3) is 0 Å². The molecule has 8 nitrogen and oxygen atoms in total. The van der Waals surface area contributed by atoms with Crippen molar-refractivity contribution in [1.29, 1.82) is 0 Å². The predicted molar refractivity (Wildman–Crippen MR) is 185 cm³/mol. The van der Waals surface area contributed by atoms with Crippen LogP contribution in [0.15, 0.2) is 24.3 Å². The van der Waals surface area contributed by atoms with Gasteiger partial charge in [0.2, 0.25) is 5.91 Å². The van der Waals surface area contributed by atoms with E-state index < -0.39 is 20.0 Å². The number of hydrogen-bond donors (Lipinski definition) is 3. The molecule has 9 heteroatoms. The molecule has 0 heterocycles. The lowest BCUT2D eigenvalue weighted by Gasteiger charge is -2.25. The molecule has 0 spiro atoms. The van der Waals surface area contributed by atoms with Crippen LogP contribution in [-0.4, -0.2) is 73.4 Å². The first-order chi connectivity index (χ1) is 21.0. The maximum Gasteiger partial charge on any atom is 0.472 e. The molecule has 0 aliphatic carbocycles. The topological polar surface area (TPSA) is 105 Å². The molecule has 0 saturated carbocycles. The minimum absolute atomic E-state index is 0.0551. The van der Waals surface area contributed by atoms with Gasteiger partial charge in [-0.2, -0.15) is 0 Å². The van der Waals surface area contributed by atoms with E-state index in [1.165, 1.54) is 96.3 Å². The van der Waals surface area contributed by atoms with Gasteiger partial charge in [0.25, 0.3) is 0 Å². The van der Waals surface area contributed by atoms with Crippen LogP contribution in [0.1, 0.15) is 142 Å².